The predicted molar refractivity (Wildman–Crippen MR) is 139 cm³/mol. The van der Waals surface area contributed by atoms with E-state index in [0.717, 1.165) is 16.9 Å². The highest BCUT2D eigenvalue weighted by atomic mass is 35.5. The van der Waals surface area contributed by atoms with E-state index in [4.69, 9.17) is 27.5 Å². The molecule has 1 heterocycles. The topological polar surface area (TPSA) is 104 Å². The number of nitrogens with two attached hydrogens (primary N) is 1. The monoisotopic (exact) mass is 535 g/mol. The van der Waals surface area contributed by atoms with Crippen LogP contribution in [0.1, 0.15) is 30.9 Å². The summed E-state index contributed by atoms with van der Waals surface area (Å²) in [4.78, 5) is 18.3. The molecule has 37 heavy (non-hydrogen) atoms. The molecule has 0 saturated carbocycles. The Bertz CT molecular complexity index is 1180. The van der Waals surface area contributed by atoms with E-state index in [9.17, 15) is 18.0 Å². The Labute approximate surface area is 218 Å². The molecule has 1 saturated heterocycles. The largest absolute Gasteiger partial charge is 0.400 e. The molecule has 11 heteroatoms. The predicted octanol–water partition coefficient (Wildman–Crippen LogP) is 5.60. The molecule has 2 amide bonds. The van der Waals surface area contributed by atoms with Gasteiger partial charge in [0, 0.05) is 22.8 Å². The number of carbonyl (C=O) groups excluding carboxylic acids is 1. The zero-order chi connectivity index (χ0) is 27.0. The molecule has 0 radical (unpaired) electrons. The van der Waals surface area contributed by atoms with Crippen LogP contribution in [0.25, 0.3) is 0 Å². The molecule has 2 aromatic carbocycles. The van der Waals surface area contributed by atoms with Crippen molar-refractivity contribution < 1.29 is 22.7 Å². The molecule has 0 unspecified atom stereocenters. The normalized spacial score (nSPS) is 16.4. The zero-order valence-electron chi connectivity index (χ0n) is 20.4. The van der Waals surface area contributed by atoms with Crippen LogP contribution in [0.5, 0.6) is 0 Å². The Morgan fingerprint density at radius 1 is 1.24 bits per heavy atom. The fourth-order valence-electron chi connectivity index (χ4n) is 3.70. The number of hydrogen-bond acceptors (Lipinski definition) is 5. The number of carbonyl (C=O) groups is 1. The SMILES string of the molecule is CCc1ccc(C(=N)N(CCC(F)(F)F)C(=O)NC/C(N)=C2\CCOCC2=Nc2cccc(Cl)c2)cc1. The molecule has 198 valence electrons. The van der Waals surface area contributed by atoms with Crippen LogP contribution in [-0.4, -0.2) is 55.0 Å². The highest BCUT2D eigenvalue weighted by molar-refractivity contribution is 6.30. The van der Waals surface area contributed by atoms with Crippen LogP contribution >= 0.6 is 11.6 Å². The standard InChI is InChI=1S/C26H29ClF3N5O2/c1-2-17-6-8-18(9-7-17)24(32)35(12-11-26(28,29)30)25(36)33-15-22(31)21-10-13-37-16-23(21)34-20-5-3-4-19(27)14-20/h3-9,14,32H,2,10-13,15-16,31H2,1H3,(H,33,36)/b22-21-,32-24?,34-23?. The Hall–Kier alpha value is -3.37. The second-order valence-electron chi connectivity index (χ2n) is 8.42. The summed E-state index contributed by atoms with van der Waals surface area (Å²) in [6.45, 7) is 1.76. The first-order valence-electron chi connectivity index (χ1n) is 11.8. The lowest BCUT2D eigenvalue weighted by molar-refractivity contribution is -0.135. The Kier molecular flexibility index (Phi) is 9.71. The van der Waals surface area contributed by atoms with E-state index in [-0.39, 0.29) is 19.0 Å². The number of nitrogens with one attached hydrogen (secondary N) is 2. The lowest BCUT2D eigenvalue weighted by Gasteiger charge is -2.25. The summed E-state index contributed by atoms with van der Waals surface area (Å²) in [6.07, 6.45) is -4.51. The van der Waals surface area contributed by atoms with Gasteiger partial charge in [0.25, 0.3) is 0 Å². The molecule has 3 rings (SSSR count). The molecule has 1 aliphatic heterocycles. The first-order chi connectivity index (χ1) is 17.6. The minimum atomic E-state index is -4.49. The number of ether oxygens (including phenoxy) is 1. The van der Waals surface area contributed by atoms with Crippen LogP contribution in [-0.2, 0) is 11.2 Å². The average Bonchev–Trinajstić information content (AvgIpc) is 2.87. The molecule has 2 aromatic rings. The summed E-state index contributed by atoms with van der Waals surface area (Å²) in [5, 5.41) is 11.5. The summed E-state index contributed by atoms with van der Waals surface area (Å²) in [5.41, 5.74) is 9.83. The van der Waals surface area contributed by atoms with Crippen LogP contribution in [0.2, 0.25) is 5.02 Å². The number of halogens is 4. The Morgan fingerprint density at radius 2 is 1.97 bits per heavy atom. The van der Waals surface area contributed by atoms with Crippen LogP contribution in [0.15, 0.2) is 64.8 Å². The van der Waals surface area contributed by atoms with Crippen molar-refractivity contribution >= 4 is 34.9 Å². The third-order valence-electron chi connectivity index (χ3n) is 5.74. The number of urea groups is 1. The molecule has 1 fully saturated rings. The van der Waals surface area contributed by atoms with Gasteiger partial charge in [0.1, 0.15) is 5.84 Å². The molecule has 0 aliphatic carbocycles. The molecule has 0 bridgehead atoms. The van der Waals surface area contributed by atoms with Gasteiger partial charge in [0.05, 0.1) is 37.6 Å². The quantitative estimate of drug-likeness (QED) is 0.317. The van der Waals surface area contributed by atoms with Gasteiger partial charge in [-0.25, -0.2) is 4.79 Å². The lowest BCUT2D eigenvalue weighted by Crippen LogP contribution is -2.46. The summed E-state index contributed by atoms with van der Waals surface area (Å²) >= 11 is 6.04. The van der Waals surface area contributed by atoms with Gasteiger partial charge in [-0.15, -0.1) is 0 Å². The number of aliphatic imine (C=N–C) groups is 1. The van der Waals surface area contributed by atoms with Gasteiger partial charge in [0.2, 0.25) is 0 Å². The van der Waals surface area contributed by atoms with Crippen molar-refractivity contribution in [2.24, 2.45) is 10.7 Å². The smallest absolute Gasteiger partial charge is 0.390 e. The summed E-state index contributed by atoms with van der Waals surface area (Å²) in [6, 6.07) is 12.9. The summed E-state index contributed by atoms with van der Waals surface area (Å²) in [5.74, 6) is -0.329. The maximum absolute atomic E-state index is 13.0. The Morgan fingerprint density at radius 3 is 2.62 bits per heavy atom. The van der Waals surface area contributed by atoms with E-state index in [0.29, 0.717) is 46.3 Å². The number of rotatable bonds is 7. The van der Waals surface area contributed by atoms with Gasteiger partial charge >= 0.3 is 12.2 Å². The second-order valence-corrected chi connectivity index (χ2v) is 8.86. The van der Waals surface area contributed by atoms with Crippen molar-refractivity contribution in [3.05, 3.63) is 76.0 Å². The van der Waals surface area contributed by atoms with Crippen LogP contribution < -0.4 is 11.1 Å². The summed E-state index contributed by atoms with van der Waals surface area (Å²) < 4.78 is 44.4. The van der Waals surface area contributed by atoms with Crippen molar-refractivity contribution in [2.75, 3.05) is 26.3 Å². The van der Waals surface area contributed by atoms with Gasteiger partial charge in [-0.3, -0.25) is 15.3 Å². The minimum absolute atomic E-state index is 0.132. The first-order valence-corrected chi connectivity index (χ1v) is 12.1. The third kappa shape index (κ3) is 8.33. The van der Waals surface area contributed by atoms with E-state index in [1.807, 2.05) is 6.92 Å². The minimum Gasteiger partial charge on any atom is -0.400 e. The molecule has 4 N–H and O–H groups in total. The highest BCUT2D eigenvalue weighted by Gasteiger charge is 2.31. The van der Waals surface area contributed by atoms with Crippen LogP contribution in [0, 0.1) is 5.41 Å². The molecule has 0 spiro atoms. The molecule has 1 aliphatic rings. The van der Waals surface area contributed by atoms with E-state index >= 15 is 0 Å². The highest BCUT2D eigenvalue weighted by Crippen LogP contribution is 2.23. The van der Waals surface area contributed by atoms with Gasteiger partial charge in [-0.2, -0.15) is 13.2 Å². The number of amidine groups is 1. The second kappa shape index (κ2) is 12.7. The zero-order valence-corrected chi connectivity index (χ0v) is 21.1. The maximum Gasteiger partial charge on any atom is 0.390 e. The lowest BCUT2D eigenvalue weighted by atomic mass is 10.0. The number of amides is 2. The average molecular weight is 536 g/mol. The van der Waals surface area contributed by atoms with Crippen molar-refractivity contribution in [3.63, 3.8) is 0 Å². The third-order valence-corrected chi connectivity index (χ3v) is 5.98. The summed E-state index contributed by atoms with van der Waals surface area (Å²) in [7, 11) is 0. The number of hydrogen-bond donors (Lipinski definition) is 3. The number of aryl methyl sites for hydroxylation is 1. The van der Waals surface area contributed by atoms with Crippen molar-refractivity contribution in [3.8, 4) is 0 Å². The van der Waals surface area contributed by atoms with E-state index in [1.54, 1.807) is 48.5 Å². The number of benzene rings is 2. The first kappa shape index (κ1) is 28.2. The van der Waals surface area contributed by atoms with Gasteiger partial charge < -0.3 is 15.8 Å². The van der Waals surface area contributed by atoms with Crippen LogP contribution in [0.4, 0.5) is 23.7 Å². The molecular weight excluding hydrogens is 507 g/mol. The number of nitrogens with zero attached hydrogens (tertiary/aromatic N) is 2. The number of alkyl halides is 3. The van der Waals surface area contributed by atoms with E-state index in [2.05, 4.69) is 10.3 Å². The molecule has 7 nitrogen and oxygen atoms in total. The maximum atomic E-state index is 13.0. The van der Waals surface area contributed by atoms with Crippen molar-refractivity contribution in [1.82, 2.24) is 10.2 Å². The molecule has 0 atom stereocenters. The van der Waals surface area contributed by atoms with Gasteiger partial charge in [0.15, 0.2) is 0 Å². The fourth-order valence-corrected chi connectivity index (χ4v) is 3.89. The van der Waals surface area contributed by atoms with Gasteiger partial charge in [-0.1, -0.05) is 48.9 Å². The Balaban J connectivity index is 1.78. The molecular formula is C26H29ClF3N5O2. The van der Waals surface area contributed by atoms with Gasteiger partial charge in [-0.05, 0) is 42.2 Å². The van der Waals surface area contributed by atoms with E-state index in [1.165, 1.54) is 0 Å². The van der Waals surface area contributed by atoms with E-state index < -0.39 is 25.2 Å². The van der Waals surface area contributed by atoms with Crippen molar-refractivity contribution in [1.29, 1.82) is 5.41 Å². The van der Waals surface area contributed by atoms with Crippen LogP contribution in [0.3, 0.4) is 0 Å². The molecule has 0 aromatic heterocycles. The van der Waals surface area contributed by atoms with Crippen molar-refractivity contribution in [2.45, 2.75) is 32.4 Å². The fraction of sp³-hybridized carbons (Fsp3) is 0.346.